The van der Waals surface area contributed by atoms with Crippen LogP contribution in [-0.2, 0) is 0 Å². The molecular weight excluding hydrogens is 717 g/mol. The van der Waals surface area contributed by atoms with Gasteiger partial charge in [0.15, 0.2) is 17.5 Å². The SMILES string of the molecule is C1=CC2c3c(cccc3-c3nc(-c4cccc(-c5ccccc5)c4)nc(-c4cccc5sc6ccccc6c45)n3)OC2c2c1n(-c1ccccc1)c1ccccc21. The molecule has 1 aliphatic heterocycles. The summed E-state index contributed by atoms with van der Waals surface area (Å²) in [5, 5.41) is 3.57. The van der Waals surface area contributed by atoms with E-state index in [1.165, 1.54) is 36.6 Å². The Labute approximate surface area is 332 Å². The zero-order chi connectivity index (χ0) is 37.5. The van der Waals surface area contributed by atoms with Gasteiger partial charge in [0.05, 0.1) is 11.2 Å². The molecule has 0 N–H and O–H groups in total. The van der Waals surface area contributed by atoms with Crippen LogP contribution in [0.1, 0.15) is 28.8 Å². The molecule has 2 atom stereocenters. The highest BCUT2D eigenvalue weighted by Crippen LogP contribution is 2.55. The van der Waals surface area contributed by atoms with Crippen LogP contribution in [0.15, 0.2) is 176 Å². The van der Waals surface area contributed by atoms with Crippen LogP contribution in [0, 0.1) is 0 Å². The first-order valence-corrected chi connectivity index (χ1v) is 20.1. The summed E-state index contributed by atoms with van der Waals surface area (Å²) >= 11 is 1.80. The molecule has 268 valence electrons. The fourth-order valence-corrected chi connectivity index (χ4v) is 10.1. The van der Waals surface area contributed by atoms with Crippen molar-refractivity contribution in [2.45, 2.75) is 12.0 Å². The first-order chi connectivity index (χ1) is 28.3. The lowest BCUT2D eigenvalue weighted by Gasteiger charge is -2.22. The predicted octanol–water partition coefficient (Wildman–Crippen LogP) is 13.1. The summed E-state index contributed by atoms with van der Waals surface area (Å²) in [6, 6.07) is 59.5. The molecule has 4 heterocycles. The van der Waals surface area contributed by atoms with Gasteiger partial charge in [-0.25, -0.2) is 15.0 Å². The number of aromatic nitrogens is 4. The van der Waals surface area contributed by atoms with E-state index in [9.17, 15) is 0 Å². The second kappa shape index (κ2) is 12.7. The number of thiophene rings is 1. The van der Waals surface area contributed by atoms with Crippen LogP contribution in [0.4, 0.5) is 0 Å². The Bertz CT molecular complexity index is 3240. The molecule has 0 amide bonds. The van der Waals surface area contributed by atoms with E-state index in [0.29, 0.717) is 17.5 Å². The lowest BCUT2D eigenvalue weighted by Crippen LogP contribution is -2.14. The maximum absolute atomic E-state index is 7.01. The summed E-state index contributed by atoms with van der Waals surface area (Å²) in [4.78, 5) is 16.0. The summed E-state index contributed by atoms with van der Waals surface area (Å²) < 4.78 is 11.8. The molecule has 2 aliphatic rings. The Kier molecular flexibility index (Phi) is 7.16. The zero-order valence-corrected chi connectivity index (χ0v) is 31.4. The lowest BCUT2D eigenvalue weighted by molar-refractivity contribution is 0.224. The van der Waals surface area contributed by atoms with Crippen LogP contribution in [0.25, 0.3) is 88.1 Å². The minimum absolute atomic E-state index is 0.0342. The van der Waals surface area contributed by atoms with E-state index in [1.54, 1.807) is 11.3 Å². The van der Waals surface area contributed by atoms with Crippen molar-refractivity contribution >= 4 is 48.5 Å². The van der Waals surface area contributed by atoms with Crippen molar-refractivity contribution in [1.82, 2.24) is 19.5 Å². The van der Waals surface area contributed by atoms with Crippen LogP contribution in [0.2, 0.25) is 0 Å². The Morgan fingerprint density at radius 1 is 0.509 bits per heavy atom. The van der Waals surface area contributed by atoms with Crippen molar-refractivity contribution in [1.29, 1.82) is 0 Å². The van der Waals surface area contributed by atoms with Crippen molar-refractivity contribution in [3.63, 3.8) is 0 Å². The first kappa shape index (κ1) is 32.1. The average Bonchev–Trinajstić information content (AvgIpc) is 3.96. The minimum atomic E-state index is -0.203. The molecular formula is C51H32N4OS. The van der Waals surface area contributed by atoms with Gasteiger partial charge >= 0.3 is 0 Å². The number of fused-ring (bicyclic) bond motifs is 10. The largest absolute Gasteiger partial charge is 0.484 e. The van der Waals surface area contributed by atoms with Crippen molar-refractivity contribution in [2.75, 3.05) is 0 Å². The van der Waals surface area contributed by atoms with Gasteiger partial charge in [-0.15, -0.1) is 11.3 Å². The molecule has 57 heavy (non-hydrogen) atoms. The topological polar surface area (TPSA) is 52.8 Å². The third-order valence-corrected chi connectivity index (χ3v) is 12.6. The average molecular weight is 749 g/mol. The third kappa shape index (κ3) is 5.04. The number of para-hydroxylation sites is 2. The highest BCUT2D eigenvalue weighted by atomic mass is 32.1. The Morgan fingerprint density at radius 3 is 2.04 bits per heavy atom. The van der Waals surface area contributed by atoms with Crippen molar-refractivity contribution in [3.8, 4) is 56.7 Å². The monoisotopic (exact) mass is 748 g/mol. The fraction of sp³-hybridized carbons (Fsp3) is 0.0392. The third-order valence-electron chi connectivity index (χ3n) is 11.4. The maximum atomic E-state index is 7.01. The maximum Gasteiger partial charge on any atom is 0.164 e. The molecule has 6 heteroatoms. The van der Waals surface area contributed by atoms with Crippen molar-refractivity contribution in [3.05, 3.63) is 193 Å². The van der Waals surface area contributed by atoms with Gasteiger partial charge in [-0.05, 0) is 59.7 Å². The van der Waals surface area contributed by atoms with Crippen LogP contribution in [0.3, 0.4) is 0 Å². The van der Waals surface area contributed by atoms with Gasteiger partial charge in [0.1, 0.15) is 11.9 Å². The minimum Gasteiger partial charge on any atom is -0.484 e. The molecule has 7 aromatic carbocycles. The number of benzene rings is 7. The number of rotatable bonds is 5. The van der Waals surface area contributed by atoms with E-state index >= 15 is 0 Å². The molecule has 0 fully saturated rings. The van der Waals surface area contributed by atoms with E-state index in [2.05, 4.69) is 181 Å². The number of hydrogen-bond acceptors (Lipinski definition) is 5. The van der Waals surface area contributed by atoms with Gasteiger partial charge in [-0.3, -0.25) is 0 Å². The molecule has 12 rings (SSSR count). The fourth-order valence-electron chi connectivity index (χ4n) is 8.96. The molecule has 0 saturated carbocycles. The molecule has 10 aromatic rings. The molecule has 0 spiro atoms. The quantitative estimate of drug-likeness (QED) is 0.176. The Morgan fingerprint density at radius 2 is 1.16 bits per heavy atom. The van der Waals surface area contributed by atoms with Crippen LogP contribution >= 0.6 is 11.3 Å². The van der Waals surface area contributed by atoms with E-state index in [0.717, 1.165) is 50.5 Å². The Balaban J connectivity index is 1.06. The molecule has 0 saturated heterocycles. The van der Waals surface area contributed by atoms with E-state index in [4.69, 9.17) is 19.7 Å². The predicted molar refractivity (Wildman–Crippen MR) is 233 cm³/mol. The van der Waals surface area contributed by atoms with Gasteiger partial charge in [0.2, 0.25) is 0 Å². The first-order valence-electron chi connectivity index (χ1n) is 19.3. The second-order valence-corrected chi connectivity index (χ2v) is 15.7. The van der Waals surface area contributed by atoms with Gasteiger partial charge in [0.25, 0.3) is 0 Å². The molecule has 0 radical (unpaired) electrons. The van der Waals surface area contributed by atoms with E-state index in [-0.39, 0.29) is 12.0 Å². The summed E-state index contributed by atoms with van der Waals surface area (Å²) in [5.41, 5.74) is 10.9. The van der Waals surface area contributed by atoms with Gasteiger partial charge in [-0.2, -0.15) is 0 Å². The molecule has 1 aliphatic carbocycles. The van der Waals surface area contributed by atoms with E-state index < -0.39 is 0 Å². The highest BCUT2D eigenvalue weighted by molar-refractivity contribution is 7.25. The van der Waals surface area contributed by atoms with Crippen LogP contribution in [-0.4, -0.2) is 19.5 Å². The summed E-state index contributed by atoms with van der Waals surface area (Å²) in [6.45, 7) is 0. The highest BCUT2D eigenvalue weighted by Gasteiger charge is 2.42. The normalized spacial score (nSPS) is 15.4. The molecule has 5 nitrogen and oxygen atoms in total. The van der Waals surface area contributed by atoms with Gasteiger partial charge in [-0.1, -0.05) is 133 Å². The number of ether oxygens (including phenoxy) is 1. The van der Waals surface area contributed by atoms with Gasteiger partial charge in [0, 0.05) is 65.0 Å². The van der Waals surface area contributed by atoms with Crippen molar-refractivity contribution < 1.29 is 4.74 Å². The second-order valence-electron chi connectivity index (χ2n) is 14.7. The smallest absolute Gasteiger partial charge is 0.164 e. The number of hydrogen-bond donors (Lipinski definition) is 0. The van der Waals surface area contributed by atoms with Crippen LogP contribution < -0.4 is 4.74 Å². The Hall–Kier alpha value is -7.15. The lowest BCUT2D eigenvalue weighted by atomic mass is 9.83. The molecule has 2 unspecified atom stereocenters. The van der Waals surface area contributed by atoms with Crippen LogP contribution in [0.5, 0.6) is 5.75 Å². The molecule has 0 bridgehead atoms. The number of nitrogens with zero attached hydrogens (tertiary/aromatic N) is 4. The van der Waals surface area contributed by atoms with E-state index in [1.807, 2.05) is 6.07 Å². The molecule has 3 aromatic heterocycles. The van der Waals surface area contributed by atoms with Gasteiger partial charge < -0.3 is 9.30 Å². The summed E-state index contributed by atoms with van der Waals surface area (Å²) in [5.74, 6) is 2.73. The summed E-state index contributed by atoms with van der Waals surface area (Å²) in [6.07, 6.45) is 4.39. The summed E-state index contributed by atoms with van der Waals surface area (Å²) in [7, 11) is 0. The zero-order valence-electron chi connectivity index (χ0n) is 30.6. The standard InChI is InChI=1S/C51H32N4OS/c1-3-14-31(15-4-1)32-16-11-17-33(30-32)49-52-50(54-51(53-49)39-23-13-27-44-46(39)36-21-8-10-26-43(36)57-44)38-22-12-25-42-45(38)37-28-29-41-47(48(37)56-42)35-20-7-9-24-40(35)55(41)34-18-5-2-6-19-34/h1-30,37,48H. The van der Waals surface area contributed by atoms with Crippen molar-refractivity contribution in [2.24, 2.45) is 0 Å².